The Morgan fingerprint density at radius 3 is 3.16 bits per heavy atom. The largest absolute Gasteiger partial charge is 0.394 e. The van der Waals surface area contributed by atoms with Crippen molar-refractivity contribution in [3.8, 4) is 11.8 Å². The second kappa shape index (κ2) is 7.04. The first-order chi connectivity index (χ1) is 9.21. The Kier molecular flexibility index (Phi) is 5.37. The third-order valence-electron chi connectivity index (χ3n) is 2.97. The maximum absolute atomic E-state index is 9.21. The van der Waals surface area contributed by atoms with Crippen molar-refractivity contribution in [1.82, 2.24) is 4.90 Å². The first-order valence-electron chi connectivity index (χ1n) is 6.46. The third kappa shape index (κ3) is 4.30. The molecule has 2 unspecified atom stereocenters. The van der Waals surface area contributed by atoms with Gasteiger partial charge in [0.25, 0.3) is 0 Å². The average Bonchev–Trinajstić information content (AvgIpc) is 2.83. The van der Waals surface area contributed by atoms with Gasteiger partial charge in [0.05, 0.1) is 25.4 Å². The van der Waals surface area contributed by atoms with E-state index in [0.717, 1.165) is 25.2 Å². The van der Waals surface area contributed by atoms with E-state index in [0.29, 0.717) is 6.54 Å². The summed E-state index contributed by atoms with van der Waals surface area (Å²) in [7, 11) is 0. The van der Waals surface area contributed by atoms with E-state index in [1.807, 2.05) is 6.92 Å². The molecule has 2 heterocycles. The average molecular weight is 280 g/mol. The summed E-state index contributed by atoms with van der Waals surface area (Å²) in [6.07, 6.45) is 0.0996. The van der Waals surface area contributed by atoms with Crippen molar-refractivity contribution in [3.05, 3.63) is 21.9 Å². The van der Waals surface area contributed by atoms with Crippen LogP contribution in [0.25, 0.3) is 0 Å². The summed E-state index contributed by atoms with van der Waals surface area (Å²) in [6, 6.07) is 2.11. The number of rotatable bonds is 3. The minimum absolute atomic E-state index is 0.0692. The van der Waals surface area contributed by atoms with Crippen molar-refractivity contribution in [3.63, 3.8) is 0 Å². The molecule has 0 saturated carbocycles. The van der Waals surface area contributed by atoms with Crippen LogP contribution in [0, 0.1) is 11.8 Å². The first kappa shape index (κ1) is 14.5. The topological polar surface area (TPSA) is 58.7 Å². The summed E-state index contributed by atoms with van der Waals surface area (Å²) >= 11 is 1.72. The van der Waals surface area contributed by atoms with Crippen LogP contribution >= 0.6 is 11.3 Å². The molecule has 0 aliphatic carbocycles. The lowest BCUT2D eigenvalue weighted by Crippen LogP contribution is -2.47. The van der Waals surface area contributed by atoms with Crippen molar-refractivity contribution < 1.29 is 9.84 Å². The summed E-state index contributed by atoms with van der Waals surface area (Å²) in [5.74, 6) is 5.91. The molecule has 1 aromatic rings. The van der Waals surface area contributed by atoms with Gasteiger partial charge in [0, 0.05) is 35.5 Å². The standard InChI is InChI=1S/C14H20N2O2S/c1-11-6-16(7-13(9-17)18-11)8-14-5-12(10-19-14)3-2-4-15/h5,10-11,13,17H,4,6-9,15H2,1H3. The zero-order chi connectivity index (χ0) is 13.7. The second-order valence-corrected chi connectivity index (χ2v) is 5.75. The van der Waals surface area contributed by atoms with Crippen LogP contribution in [0.1, 0.15) is 17.4 Å². The highest BCUT2D eigenvalue weighted by molar-refractivity contribution is 7.10. The Balaban J connectivity index is 1.94. The monoisotopic (exact) mass is 280 g/mol. The van der Waals surface area contributed by atoms with Gasteiger partial charge < -0.3 is 15.6 Å². The molecule has 0 spiro atoms. The van der Waals surface area contributed by atoms with E-state index in [9.17, 15) is 5.11 Å². The number of hydrogen-bond donors (Lipinski definition) is 2. The Morgan fingerprint density at radius 1 is 1.58 bits per heavy atom. The van der Waals surface area contributed by atoms with Crippen LogP contribution in [-0.2, 0) is 11.3 Å². The van der Waals surface area contributed by atoms with Gasteiger partial charge in [-0.3, -0.25) is 4.90 Å². The molecule has 1 saturated heterocycles. The molecule has 2 rings (SSSR count). The lowest BCUT2D eigenvalue weighted by molar-refractivity contribution is -0.0970. The van der Waals surface area contributed by atoms with Gasteiger partial charge in [0.2, 0.25) is 0 Å². The fourth-order valence-electron chi connectivity index (χ4n) is 2.27. The molecule has 19 heavy (non-hydrogen) atoms. The highest BCUT2D eigenvalue weighted by atomic mass is 32.1. The van der Waals surface area contributed by atoms with Crippen molar-refractivity contribution >= 4 is 11.3 Å². The first-order valence-corrected chi connectivity index (χ1v) is 7.34. The predicted octanol–water partition coefficient (Wildman–Crippen LogP) is 0.640. The van der Waals surface area contributed by atoms with Crippen LogP contribution in [-0.4, -0.2) is 48.5 Å². The predicted molar refractivity (Wildman–Crippen MR) is 76.9 cm³/mol. The number of aliphatic hydroxyl groups is 1. The van der Waals surface area contributed by atoms with Gasteiger partial charge in [-0.1, -0.05) is 11.8 Å². The SMILES string of the molecule is CC1CN(Cc2cc(C#CCN)cs2)CC(CO)O1. The highest BCUT2D eigenvalue weighted by Gasteiger charge is 2.24. The quantitative estimate of drug-likeness (QED) is 0.798. The van der Waals surface area contributed by atoms with E-state index in [4.69, 9.17) is 10.5 Å². The summed E-state index contributed by atoms with van der Waals surface area (Å²) in [4.78, 5) is 3.60. The fraction of sp³-hybridized carbons (Fsp3) is 0.571. The van der Waals surface area contributed by atoms with Crippen LogP contribution in [0.4, 0.5) is 0 Å². The van der Waals surface area contributed by atoms with Gasteiger partial charge in [-0.15, -0.1) is 11.3 Å². The molecule has 3 N–H and O–H groups in total. The van der Waals surface area contributed by atoms with E-state index >= 15 is 0 Å². The molecule has 1 aliphatic rings. The van der Waals surface area contributed by atoms with Crippen LogP contribution in [0.3, 0.4) is 0 Å². The fourth-order valence-corrected chi connectivity index (χ4v) is 3.13. The molecule has 0 bridgehead atoms. The number of hydrogen-bond acceptors (Lipinski definition) is 5. The lowest BCUT2D eigenvalue weighted by atomic mass is 10.2. The molecule has 4 nitrogen and oxygen atoms in total. The Morgan fingerprint density at radius 2 is 2.42 bits per heavy atom. The molecule has 104 valence electrons. The van der Waals surface area contributed by atoms with Gasteiger partial charge in [0.1, 0.15) is 0 Å². The maximum atomic E-state index is 9.21. The van der Waals surface area contributed by atoms with Gasteiger partial charge >= 0.3 is 0 Å². The molecular formula is C14H20N2O2S. The Hall–Kier alpha value is -0.900. The van der Waals surface area contributed by atoms with Crippen LogP contribution < -0.4 is 5.73 Å². The number of nitrogens with two attached hydrogens (primary N) is 1. The highest BCUT2D eigenvalue weighted by Crippen LogP contribution is 2.19. The number of thiophene rings is 1. The number of aliphatic hydroxyl groups excluding tert-OH is 1. The minimum Gasteiger partial charge on any atom is -0.394 e. The normalized spacial score (nSPS) is 23.9. The van der Waals surface area contributed by atoms with Gasteiger partial charge in [-0.2, -0.15) is 0 Å². The zero-order valence-corrected chi connectivity index (χ0v) is 11.9. The van der Waals surface area contributed by atoms with Crippen molar-refractivity contribution in [1.29, 1.82) is 0 Å². The maximum Gasteiger partial charge on any atom is 0.0936 e. The van der Waals surface area contributed by atoms with Gasteiger partial charge in [-0.25, -0.2) is 0 Å². The summed E-state index contributed by atoms with van der Waals surface area (Å²) in [5.41, 5.74) is 6.40. The molecule has 0 amide bonds. The number of ether oxygens (including phenoxy) is 1. The van der Waals surface area contributed by atoms with E-state index in [1.54, 1.807) is 11.3 Å². The molecule has 0 radical (unpaired) electrons. The smallest absolute Gasteiger partial charge is 0.0936 e. The number of nitrogens with zero attached hydrogens (tertiary/aromatic N) is 1. The van der Waals surface area contributed by atoms with Crippen molar-refractivity contribution in [2.45, 2.75) is 25.7 Å². The molecule has 1 aromatic heterocycles. The summed E-state index contributed by atoms with van der Waals surface area (Å²) < 4.78 is 5.64. The molecule has 1 aliphatic heterocycles. The lowest BCUT2D eigenvalue weighted by Gasteiger charge is -2.35. The zero-order valence-electron chi connectivity index (χ0n) is 11.1. The van der Waals surface area contributed by atoms with E-state index in [2.05, 4.69) is 28.2 Å². The van der Waals surface area contributed by atoms with Gasteiger partial charge in [0.15, 0.2) is 0 Å². The molecule has 1 fully saturated rings. The molecular weight excluding hydrogens is 260 g/mol. The van der Waals surface area contributed by atoms with Crippen LogP contribution in [0.15, 0.2) is 11.4 Å². The van der Waals surface area contributed by atoms with Crippen LogP contribution in [0.5, 0.6) is 0 Å². The van der Waals surface area contributed by atoms with E-state index in [-0.39, 0.29) is 18.8 Å². The molecule has 2 atom stereocenters. The molecule has 0 aromatic carbocycles. The summed E-state index contributed by atoms with van der Waals surface area (Å²) in [5, 5.41) is 11.3. The van der Waals surface area contributed by atoms with E-state index in [1.165, 1.54) is 4.88 Å². The minimum atomic E-state index is -0.0692. The molecule has 5 heteroatoms. The van der Waals surface area contributed by atoms with Crippen molar-refractivity contribution in [2.24, 2.45) is 5.73 Å². The number of morpholine rings is 1. The van der Waals surface area contributed by atoms with Crippen molar-refractivity contribution in [2.75, 3.05) is 26.2 Å². The van der Waals surface area contributed by atoms with Gasteiger partial charge in [-0.05, 0) is 13.0 Å². The second-order valence-electron chi connectivity index (χ2n) is 4.75. The Labute approximate surface area is 118 Å². The third-order valence-corrected chi connectivity index (χ3v) is 3.90. The van der Waals surface area contributed by atoms with E-state index < -0.39 is 0 Å². The summed E-state index contributed by atoms with van der Waals surface area (Å²) in [6.45, 7) is 5.09. The Bertz CT molecular complexity index is 464. The van der Waals surface area contributed by atoms with Crippen LogP contribution in [0.2, 0.25) is 0 Å².